The van der Waals surface area contributed by atoms with Gasteiger partial charge >= 0.3 is 6.09 Å². The number of carbonyl (C=O) groups is 2. The summed E-state index contributed by atoms with van der Waals surface area (Å²) >= 11 is 0. The second kappa shape index (κ2) is 7.07. The number of ether oxygens (including phenoxy) is 1. The maximum absolute atomic E-state index is 12.2. The average molecular weight is 324 g/mol. The molecule has 0 aromatic rings. The lowest BCUT2D eigenvalue weighted by Gasteiger charge is -2.43. The van der Waals surface area contributed by atoms with Gasteiger partial charge in [0.05, 0.1) is 18.1 Å². The van der Waals surface area contributed by atoms with Crippen molar-refractivity contribution < 1.29 is 19.4 Å². The number of nitrogens with one attached hydrogen (secondary N) is 1. The standard InChI is InChI=1S/C17H28N2O4/c20-14-10-17(15(21)18-11-14)6-8-19(9-7-17)16(22)23-12-13-4-2-1-3-5-13/h13-14,20H,1-12H2,(H,18,21). The molecule has 0 radical (unpaired) electrons. The molecule has 3 fully saturated rings. The van der Waals surface area contributed by atoms with E-state index in [0.717, 1.165) is 12.8 Å². The van der Waals surface area contributed by atoms with E-state index in [4.69, 9.17) is 4.74 Å². The van der Waals surface area contributed by atoms with Crippen molar-refractivity contribution in [2.75, 3.05) is 26.2 Å². The van der Waals surface area contributed by atoms with E-state index >= 15 is 0 Å². The van der Waals surface area contributed by atoms with Crippen LogP contribution in [0.2, 0.25) is 0 Å². The number of likely N-dealkylation sites (tertiary alicyclic amines) is 1. The van der Waals surface area contributed by atoms with E-state index in [9.17, 15) is 14.7 Å². The molecule has 2 N–H and O–H groups in total. The molecule has 1 atom stereocenters. The number of aliphatic hydroxyl groups is 1. The van der Waals surface area contributed by atoms with Crippen molar-refractivity contribution >= 4 is 12.0 Å². The van der Waals surface area contributed by atoms with E-state index < -0.39 is 11.5 Å². The smallest absolute Gasteiger partial charge is 0.409 e. The molecule has 130 valence electrons. The molecule has 2 amide bonds. The summed E-state index contributed by atoms with van der Waals surface area (Å²) in [6, 6.07) is 0. The van der Waals surface area contributed by atoms with E-state index in [1.165, 1.54) is 19.3 Å². The second-order valence-corrected chi connectivity index (χ2v) is 7.42. The maximum Gasteiger partial charge on any atom is 0.409 e. The molecule has 3 aliphatic rings. The molecule has 1 spiro atoms. The lowest BCUT2D eigenvalue weighted by atomic mass is 9.71. The molecule has 6 nitrogen and oxygen atoms in total. The van der Waals surface area contributed by atoms with Crippen molar-refractivity contribution in [1.29, 1.82) is 0 Å². The minimum Gasteiger partial charge on any atom is -0.449 e. The topological polar surface area (TPSA) is 78.9 Å². The highest BCUT2D eigenvalue weighted by atomic mass is 16.6. The summed E-state index contributed by atoms with van der Waals surface area (Å²) in [6.45, 7) is 1.93. The first-order valence-corrected chi connectivity index (χ1v) is 8.97. The van der Waals surface area contributed by atoms with Crippen LogP contribution in [0.3, 0.4) is 0 Å². The van der Waals surface area contributed by atoms with E-state index in [0.29, 0.717) is 51.4 Å². The van der Waals surface area contributed by atoms with Gasteiger partial charge in [0.2, 0.25) is 5.91 Å². The Labute approximate surface area is 137 Å². The lowest BCUT2D eigenvalue weighted by molar-refractivity contribution is -0.140. The summed E-state index contributed by atoms with van der Waals surface area (Å²) in [5.41, 5.74) is -0.502. The number of carbonyl (C=O) groups excluding carboxylic acids is 2. The zero-order valence-electron chi connectivity index (χ0n) is 13.8. The lowest BCUT2D eigenvalue weighted by Crippen LogP contribution is -2.56. The van der Waals surface area contributed by atoms with E-state index in [-0.39, 0.29) is 12.0 Å². The van der Waals surface area contributed by atoms with Gasteiger partial charge in [0, 0.05) is 19.6 Å². The van der Waals surface area contributed by atoms with E-state index in [1.807, 2.05) is 0 Å². The van der Waals surface area contributed by atoms with Gasteiger partial charge in [-0.2, -0.15) is 0 Å². The predicted octanol–water partition coefficient (Wildman–Crippen LogP) is 1.67. The van der Waals surface area contributed by atoms with Gasteiger partial charge in [0.1, 0.15) is 0 Å². The van der Waals surface area contributed by atoms with Crippen LogP contribution in [0.25, 0.3) is 0 Å². The Hall–Kier alpha value is -1.30. The molecule has 2 heterocycles. The molecular weight excluding hydrogens is 296 g/mol. The van der Waals surface area contributed by atoms with Crippen LogP contribution in [-0.2, 0) is 9.53 Å². The Kier molecular flexibility index (Phi) is 5.09. The number of aliphatic hydroxyl groups excluding tert-OH is 1. The van der Waals surface area contributed by atoms with Crippen LogP contribution in [0, 0.1) is 11.3 Å². The third-order valence-corrected chi connectivity index (χ3v) is 5.75. The number of hydrogen-bond donors (Lipinski definition) is 2. The minimum absolute atomic E-state index is 0.0259. The number of β-amino-alcohol motifs (C(OH)–C–C–N with tert-alkyl or cyclic N) is 1. The molecule has 23 heavy (non-hydrogen) atoms. The van der Waals surface area contributed by atoms with Gasteiger partial charge in [0.25, 0.3) is 0 Å². The van der Waals surface area contributed by atoms with E-state index in [2.05, 4.69) is 5.32 Å². The van der Waals surface area contributed by atoms with Crippen LogP contribution in [0.1, 0.15) is 51.4 Å². The van der Waals surface area contributed by atoms with Crippen molar-refractivity contribution in [2.24, 2.45) is 11.3 Å². The first-order chi connectivity index (χ1) is 11.1. The Balaban J connectivity index is 1.46. The third-order valence-electron chi connectivity index (χ3n) is 5.75. The fraction of sp³-hybridized carbons (Fsp3) is 0.882. The van der Waals surface area contributed by atoms with Crippen LogP contribution in [0.15, 0.2) is 0 Å². The van der Waals surface area contributed by atoms with Gasteiger partial charge in [-0.1, -0.05) is 19.3 Å². The Morgan fingerprint density at radius 3 is 2.65 bits per heavy atom. The average Bonchev–Trinajstić information content (AvgIpc) is 2.58. The quantitative estimate of drug-likeness (QED) is 0.810. The molecule has 2 saturated heterocycles. The van der Waals surface area contributed by atoms with Gasteiger partial charge in [-0.05, 0) is 38.0 Å². The molecule has 1 unspecified atom stereocenters. The van der Waals surface area contributed by atoms with Gasteiger partial charge in [-0.3, -0.25) is 4.79 Å². The van der Waals surface area contributed by atoms with Crippen LogP contribution in [-0.4, -0.2) is 54.4 Å². The molecule has 1 saturated carbocycles. The molecule has 0 aromatic carbocycles. The van der Waals surface area contributed by atoms with Gasteiger partial charge in [0.15, 0.2) is 0 Å². The fourth-order valence-electron chi connectivity index (χ4n) is 4.20. The maximum atomic E-state index is 12.2. The molecule has 0 bridgehead atoms. The van der Waals surface area contributed by atoms with Crippen LogP contribution >= 0.6 is 0 Å². The fourth-order valence-corrected chi connectivity index (χ4v) is 4.20. The van der Waals surface area contributed by atoms with Crippen molar-refractivity contribution in [1.82, 2.24) is 10.2 Å². The highest BCUT2D eigenvalue weighted by Crippen LogP contribution is 2.38. The Morgan fingerprint density at radius 1 is 1.26 bits per heavy atom. The number of hydrogen-bond acceptors (Lipinski definition) is 4. The molecule has 0 aromatic heterocycles. The van der Waals surface area contributed by atoms with Crippen molar-refractivity contribution in [3.63, 3.8) is 0 Å². The normalized spacial score (nSPS) is 28.5. The molecular formula is C17H28N2O4. The largest absolute Gasteiger partial charge is 0.449 e. The van der Waals surface area contributed by atoms with Gasteiger partial charge in [-0.25, -0.2) is 4.79 Å². The zero-order chi connectivity index (χ0) is 16.3. The Morgan fingerprint density at radius 2 is 1.96 bits per heavy atom. The number of rotatable bonds is 2. The first kappa shape index (κ1) is 16.6. The zero-order valence-corrected chi connectivity index (χ0v) is 13.8. The van der Waals surface area contributed by atoms with Crippen LogP contribution < -0.4 is 5.32 Å². The highest BCUT2D eigenvalue weighted by Gasteiger charge is 2.46. The SMILES string of the molecule is O=C(OCC1CCCCC1)N1CCC2(CC1)CC(O)CNC2=O. The third kappa shape index (κ3) is 3.79. The molecule has 2 aliphatic heterocycles. The van der Waals surface area contributed by atoms with Gasteiger partial charge < -0.3 is 20.1 Å². The van der Waals surface area contributed by atoms with Crippen molar-refractivity contribution in [2.45, 2.75) is 57.5 Å². The van der Waals surface area contributed by atoms with E-state index in [1.54, 1.807) is 4.90 Å². The van der Waals surface area contributed by atoms with Crippen molar-refractivity contribution in [3.05, 3.63) is 0 Å². The predicted molar refractivity (Wildman–Crippen MR) is 84.8 cm³/mol. The van der Waals surface area contributed by atoms with Gasteiger partial charge in [-0.15, -0.1) is 0 Å². The van der Waals surface area contributed by atoms with Crippen LogP contribution in [0.4, 0.5) is 4.79 Å². The summed E-state index contributed by atoms with van der Waals surface area (Å²) in [6.07, 6.45) is 7.10. The summed E-state index contributed by atoms with van der Waals surface area (Å²) < 4.78 is 5.48. The first-order valence-electron chi connectivity index (χ1n) is 8.97. The monoisotopic (exact) mass is 324 g/mol. The molecule has 3 rings (SSSR count). The minimum atomic E-state index is -0.502. The number of piperidine rings is 2. The summed E-state index contributed by atoms with van der Waals surface area (Å²) in [5, 5.41) is 12.6. The molecule has 1 aliphatic carbocycles. The second-order valence-electron chi connectivity index (χ2n) is 7.42. The summed E-state index contributed by atoms with van der Waals surface area (Å²) in [7, 11) is 0. The summed E-state index contributed by atoms with van der Waals surface area (Å²) in [5.74, 6) is 0.543. The van der Waals surface area contributed by atoms with Crippen molar-refractivity contribution in [3.8, 4) is 0 Å². The summed E-state index contributed by atoms with van der Waals surface area (Å²) in [4.78, 5) is 26.1. The highest BCUT2D eigenvalue weighted by molar-refractivity contribution is 5.84. The number of amides is 2. The van der Waals surface area contributed by atoms with Crippen LogP contribution in [0.5, 0.6) is 0 Å². The number of nitrogens with zero attached hydrogens (tertiary/aromatic N) is 1. The Bertz CT molecular complexity index is 440. The molecule has 6 heteroatoms.